The summed E-state index contributed by atoms with van der Waals surface area (Å²) in [6, 6.07) is 7.14. The summed E-state index contributed by atoms with van der Waals surface area (Å²) >= 11 is 0. The van der Waals surface area contributed by atoms with Crippen LogP contribution in [-0.4, -0.2) is 59.8 Å². The maximum atomic E-state index is 12.5. The number of anilines is 1. The van der Waals surface area contributed by atoms with Crippen LogP contribution in [-0.2, 0) is 4.74 Å². The summed E-state index contributed by atoms with van der Waals surface area (Å²) < 4.78 is 10.6. The third kappa shape index (κ3) is 3.81. The minimum absolute atomic E-state index is 0.0291. The van der Waals surface area contributed by atoms with Gasteiger partial charge in [0.25, 0.3) is 0 Å². The lowest BCUT2D eigenvalue weighted by Gasteiger charge is -2.35. The number of benzene rings is 1. The van der Waals surface area contributed by atoms with Crippen LogP contribution >= 0.6 is 0 Å². The molecule has 0 aromatic heterocycles. The number of rotatable bonds is 2. The summed E-state index contributed by atoms with van der Waals surface area (Å²) in [6.07, 6.45) is 0.505. The van der Waals surface area contributed by atoms with Crippen molar-refractivity contribution in [1.29, 1.82) is 0 Å². The van der Waals surface area contributed by atoms with Gasteiger partial charge in [-0.2, -0.15) is 0 Å². The average molecular weight is 347 g/mol. The number of likely N-dealkylation sites (tertiary alicyclic amines) is 2. The lowest BCUT2D eigenvalue weighted by molar-refractivity contribution is 0.0156. The first-order chi connectivity index (χ1) is 11.8. The van der Waals surface area contributed by atoms with Gasteiger partial charge in [-0.1, -0.05) is 0 Å². The molecule has 136 valence electrons. The van der Waals surface area contributed by atoms with Gasteiger partial charge in [0.2, 0.25) is 0 Å². The van der Waals surface area contributed by atoms with Gasteiger partial charge in [0.1, 0.15) is 11.4 Å². The summed E-state index contributed by atoms with van der Waals surface area (Å²) in [7, 11) is 1.60. The number of methoxy groups -OCH3 is 1. The molecule has 2 aliphatic heterocycles. The van der Waals surface area contributed by atoms with Crippen LogP contribution in [0.4, 0.5) is 15.3 Å². The van der Waals surface area contributed by atoms with Gasteiger partial charge in [-0.15, -0.1) is 0 Å². The molecule has 0 spiro atoms. The molecular weight excluding hydrogens is 322 g/mol. The van der Waals surface area contributed by atoms with E-state index in [9.17, 15) is 9.59 Å². The molecule has 1 aromatic carbocycles. The van der Waals surface area contributed by atoms with Gasteiger partial charge in [-0.25, -0.2) is 9.59 Å². The van der Waals surface area contributed by atoms with Gasteiger partial charge in [0.15, 0.2) is 0 Å². The Hall–Kier alpha value is -2.44. The van der Waals surface area contributed by atoms with E-state index < -0.39 is 5.60 Å². The molecule has 3 amide bonds. The van der Waals surface area contributed by atoms with E-state index in [0.717, 1.165) is 17.9 Å². The third-order valence-corrected chi connectivity index (χ3v) is 4.47. The van der Waals surface area contributed by atoms with Gasteiger partial charge in [-0.3, -0.25) is 0 Å². The number of carbonyl (C=O) groups excluding carboxylic acids is 2. The predicted octanol–water partition coefficient (Wildman–Crippen LogP) is 2.92. The van der Waals surface area contributed by atoms with Crippen molar-refractivity contribution < 1.29 is 19.1 Å². The zero-order valence-electron chi connectivity index (χ0n) is 15.1. The van der Waals surface area contributed by atoms with E-state index in [1.165, 1.54) is 0 Å². The lowest BCUT2D eigenvalue weighted by atomic mass is 10.2. The molecular formula is C18H25N3O4. The summed E-state index contributed by atoms with van der Waals surface area (Å²) in [4.78, 5) is 28.3. The zero-order chi connectivity index (χ0) is 18.2. The highest BCUT2D eigenvalue weighted by atomic mass is 16.6. The number of piperazine rings is 1. The zero-order valence-corrected chi connectivity index (χ0v) is 15.1. The number of nitrogens with zero attached hydrogens (tertiary/aromatic N) is 2. The molecule has 2 atom stereocenters. The largest absolute Gasteiger partial charge is 0.497 e. The van der Waals surface area contributed by atoms with Crippen molar-refractivity contribution in [2.45, 2.75) is 44.9 Å². The van der Waals surface area contributed by atoms with E-state index in [-0.39, 0.29) is 24.2 Å². The number of fused-ring (bicyclic) bond motifs is 2. The number of carbonyl (C=O) groups is 2. The quantitative estimate of drug-likeness (QED) is 0.893. The number of nitrogens with one attached hydrogen (secondary N) is 1. The van der Waals surface area contributed by atoms with Crippen LogP contribution < -0.4 is 10.1 Å². The van der Waals surface area contributed by atoms with Crippen molar-refractivity contribution in [2.75, 3.05) is 25.5 Å². The van der Waals surface area contributed by atoms with Crippen LogP contribution in [0, 0.1) is 0 Å². The molecule has 2 bridgehead atoms. The molecule has 0 aliphatic carbocycles. The third-order valence-electron chi connectivity index (χ3n) is 4.47. The highest BCUT2D eigenvalue weighted by Crippen LogP contribution is 2.32. The minimum atomic E-state index is -0.510. The second-order valence-corrected chi connectivity index (χ2v) is 7.49. The monoisotopic (exact) mass is 347 g/mol. The van der Waals surface area contributed by atoms with Gasteiger partial charge >= 0.3 is 12.1 Å². The number of ether oxygens (including phenoxy) is 2. The summed E-state index contributed by atoms with van der Waals surface area (Å²) in [5.41, 5.74) is 0.210. The molecule has 0 saturated carbocycles. The number of hydrogen-bond acceptors (Lipinski definition) is 4. The Kier molecular flexibility index (Phi) is 4.49. The minimum Gasteiger partial charge on any atom is -0.497 e. The fourth-order valence-corrected chi connectivity index (χ4v) is 3.33. The van der Waals surface area contributed by atoms with Crippen LogP contribution in [0.1, 0.15) is 27.2 Å². The molecule has 0 radical (unpaired) electrons. The Morgan fingerprint density at radius 3 is 2.20 bits per heavy atom. The second kappa shape index (κ2) is 6.46. The maximum absolute atomic E-state index is 12.5. The van der Waals surface area contributed by atoms with E-state index in [4.69, 9.17) is 9.47 Å². The summed E-state index contributed by atoms with van der Waals surface area (Å²) in [5, 5.41) is 2.90. The van der Waals surface area contributed by atoms with Gasteiger partial charge in [0, 0.05) is 18.8 Å². The molecule has 2 aliphatic rings. The Morgan fingerprint density at radius 2 is 1.68 bits per heavy atom. The van der Waals surface area contributed by atoms with Gasteiger partial charge in [0.05, 0.1) is 19.2 Å². The van der Waals surface area contributed by atoms with Crippen molar-refractivity contribution >= 4 is 17.8 Å². The van der Waals surface area contributed by atoms with E-state index in [1.807, 2.05) is 20.8 Å². The molecule has 1 N–H and O–H groups in total. The van der Waals surface area contributed by atoms with Gasteiger partial charge in [-0.05, 0) is 51.5 Å². The molecule has 1 aromatic rings. The van der Waals surface area contributed by atoms with Crippen molar-refractivity contribution in [3.8, 4) is 5.75 Å². The van der Waals surface area contributed by atoms with Crippen molar-refractivity contribution in [3.63, 3.8) is 0 Å². The topological polar surface area (TPSA) is 71.1 Å². The molecule has 7 nitrogen and oxygen atoms in total. The highest BCUT2D eigenvalue weighted by Gasteiger charge is 2.48. The molecule has 2 fully saturated rings. The Bertz CT molecular complexity index is 653. The maximum Gasteiger partial charge on any atom is 0.410 e. The standard InChI is InChI=1S/C18H25N3O4/c1-18(2,3)25-17(23)21-11-13-9-14(21)10-20(13)16(22)19-12-5-7-15(24-4)8-6-12/h5-8,13-14H,9-11H2,1-4H3,(H,19,22)/t13?,14-/m0/s1. The SMILES string of the molecule is COc1ccc(NC(=O)N2C[C@@H]3CC2CN3C(=O)OC(C)(C)C)cc1. The van der Waals surface area contributed by atoms with E-state index in [2.05, 4.69) is 5.32 Å². The molecule has 2 saturated heterocycles. The summed E-state index contributed by atoms with van der Waals surface area (Å²) in [5.74, 6) is 0.742. The highest BCUT2D eigenvalue weighted by molar-refractivity contribution is 5.90. The average Bonchev–Trinajstić information content (AvgIpc) is 3.14. The number of urea groups is 1. The molecule has 2 heterocycles. The van der Waals surface area contributed by atoms with E-state index in [0.29, 0.717) is 13.1 Å². The first-order valence-electron chi connectivity index (χ1n) is 8.48. The molecule has 3 rings (SSSR count). The first-order valence-corrected chi connectivity index (χ1v) is 8.48. The van der Waals surface area contributed by atoms with Crippen LogP contribution in [0.5, 0.6) is 5.75 Å². The Balaban J connectivity index is 1.56. The first kappa shape index (κ1) is 17.4. The van der Waals surface area contributed by atoms with Crippen LogP contribution in [0.2, 0.25) is 0 Å². The second-order valence-electron chi connectivity index (χ2n) is 7.49. The smallest absolute Gasteiger partial charge is 0.410 e. The van der Waals surface area contributed by atoms with Crippen molar-refractivity contribution in [2.24, 2.45) is 0 Å². The fraction of sp³-hybridized carbons (Fsp3) is 0.556. The predicted molar refractivity (Wildman–Crippen MR) is 93.9 cm³/mol. The van der Waals surface area contributed by atoms with Crippen molar-refractivity contribution in [3.05, 3.63) is 24.3 Å². The molecule has 7 heteroatoms. The van der Waals surface area contributed by atoms with Crippen LogP contribution in [0.25, 0.3) is 0 Å². The van der Waals surface area contributed by atoms with E-state index in [1.54, 1.807) is 41.2 Å². The van der Waals surface area contributed by atoms with Gasteiger partial charge < -0.3 is 24.6 Å². The van der Waals surface area contributed by atoms with Crippen LogP contribution in [0.15, 0.2) is 24.3 Å². The fourth-order valence-electron chi connectivity index (χ4n) is 3.33. The van der Waals surface area contributed by atoms with Crippen LogP contribution in [0.3, 0.4) is 0 Å². The van der Waals surface area contributed by atoms with E-state index >= 15 is 0 Å². The summed E-state index contributed by atoms with van der Waals surface area (Å²) in [6.45, 7) is 6.62. The van der Waals surface area contributed by atoms with Crippen molar-refractivity contribution in [1.82, 2.24) is 9.80 Å². The lowest BCUT2D eigenvalue weighted by Crippen LogP contribution is -2.52. The normalized spacial score (nSPS) is 22.1. The Labute approximate surface area is 147 Å². The number of hydrogen-bond donors (Lipinski definition) is 1. The Morgan fingerprint density at radius 1 is 1.08 bits per heavy atom. The molecule has 25 heavy (non-hydrogen) atoms. The number of amides is 3. The molecule has 1 unspecified atom stereocenters.